The van der Waals surface area contributed by atoms with Crippen LogP contribution in [0.25, 0.3) is 65.7 Å². The van der Waals surface area contributed by atoms with E-state index in [0.29, 0.717) is 0 Å². The van der Waals surface area contributed by atoms with Crippen LogP contribution in [0.1, 0.15) is 30.5 Å². The summed E-state index contributed by atoms with van der Waals surface area (Å²) < 4.78 is 1.04. The van der Waals surface area contributed by atoms with Crippen molar-refractivity contribution < 1.29 is 0 Å². The van der Waals surface area contributed by atoms with Crippen LogP contribution >= 0.6 is 22.6 Å². The van der Waals surface area contributed by atoms with E-state index in [1.165, 1.54) is 76.8 Å². The van der Waals surface area contributed by atoms with Gasteiger partial charge in [-0.3, -0.25) is 4.98 Å². The molecular formula is C38H28IN. The summed E-state index contributed by atoms with van der Waals surface area (Å²) in [5.74, 6) is 0. The zero-order valence-corrected chi connectivity index (χ0v) is 24.8. The molecule has 1 aromatic heterocycles. The van der Waals surface area contributed by atoms with Crippen molar-refractivity contribution >= 4 is 54.9 Å². The molecule has 1 aliphatic carbocycles. The first-order chi connectivity index (χ1) is 19.6. The summed E-state index contributed by atoms with van der Waals surface area (Å²) in [4.78, 5) is 4.49. The molecule has 8 rings (SSSR count). The maximum atomic E-state index is 4.49. The number of aryl methyl sites for hydroxylation is 1. The summed E-state index contributed by atoms with van der Waals surface area (Å²) in [6, 6.07) is 36.8. The molecule has 1 nitrogen and oxygen atoms in total. The van der Waals surface area contributed by atoms with Crippen molar-refractivity contribution in [1.29, 1.82) is 0 Å². The highest BCUT2D eigenvalue weighted by atomic mass is 127. The molecule has 0 aliphatic heterocycles. The topological polar surface area (TPSA) is 12.9 Å². The van der Waals surface area contributed by atoms with Crippen LogP contribution in [0.2, 0.25) is 0 Å². The molecule has 0 fully saturated rings. The molecule has 7 aromatic rings. The number of rotatable bonds is 4. The van der Waals surface area contributed by atoms with Crippen LogP contribution in [0.3, 0.4) is 0 Å². The molecule has 0 bridgehead atoms. The van der Waals surface area contributed by atoms with Crippen molar-refractivity contribution in [3.8, 4) is 33.4 Å². The summed E-state index contributed by atoms with van der Waals surface area (Å²) in [5.41, 5.74) is 12.0. The lowest BCUT2D eigenvalue weighted by atomic mass is 9.80. The second-order valence-electron chi connectivity index (χ2n) is 11.4. The molecule has 0 saturated heterocycles. The number of aromatic nitrogens is 1. The van der Waals surface area contributed by atoms with Crippen molar-refractivity contribution in [2.45, 2.75) is 25.7 Å². The summed E-state index contributed by atoms with van der Waals surface area (Å²) >= 11 is 2.57. The van der Waals surface area contributed by atoms with Gasteiger partial charge in [0.1, 0.15) is 0 Å². The Morgan fingerprint density at radius 3 is 2.08 bits per heavy atom. The van der Waals surface area contributed by atoms with Crippen LogP contribution in [-0.2, 0) is 11.8 Å². The van der Waals surface area contributed by atoms with Gasteiger partial charge in [0.15, 0.2) is 0 Å². The van der Waals surface area contributed by atoms with Gasteiger partial charge in [0.25, 0.3) is 0 Å². The molecule has 0 radical (unpaired) electrons. The molecule has 0 amide bonds. The van der Waals surface area contributed by atoms with E-state index in [2.05, 4.69) is 132 Å². The Morgan fingerprint density at radius 2 is 1.38 bits per heavy atom. The largest absolute Gasteiger partial charge is 0.264 e. The van der Waals surface area contributed by atoms with Crippen molar-refractivity contribution in [1.82, 2.24) is 4.98 Å². The minimum absolute atomic E-state index is 0.00494. The third kappa shape index (κ3) is 3.29. The smallest absolute Gasteiger partial charge is 0.0346 e. The van der Waals surface area contributed by atoms with Crippen molar-refractivity contribution in [2.75, 3.05) is 4.43 Å². The quantitative estimate of drug-likeness (QED) is 0.108. The monoisotopic (exact) mass is 625 g/mol. The fourth-order valence-electron chi connectivity index (χ4n) is 7.07. The lowest BCUT2D eigenvalue weighted by Gasteiger charge is -2.25. The van der Waals surface area contributed by atoms with Gasteiger partial charge in [0.2, 0.25) is 0 Å². The number of pyridine rings is 1. The number of halogens is 1. The molecule has 192 valence electrons. The zero-order chi connectivity index (χ0) is 27.0. The van der Waals surface area contributed by atoms with Crippen LogP contribution in [-0.4, -0.2) is 9.41 Å². The second kappa shape index (κ2) is 8.87. The highest BCUT2D eigenvalue weighted by Gasteiger charge is 2.38. The van der Waals surface area contributed by atoms with Gasteiger partial charge in [-0.15, -0.1) is 0 Å². The highest BCUT2D eigenvalue weighted by molar-refractivity contribution is 14.1. The first kappa shape index (κ1) is 24.1. The van der Waals surface area contributed by atoms with Gasteiger partial charge in [-0.2, -0.15) is 0 Å². The second-order valence-corrected chi connectivity index (χ2v) is 12.1. The lowest BCUT2D eigenvalue weighted by Crippen LogP contribution is -2.22. The van der Waals surface area contributed by atoms with Crippen molar-refractivity contribution in [2.24, 2.45) is 0 Å². The first-order valence-corrected chi connectivity index (χ1v) is 15.6. The predicted octanol–water partition coefficient (Wildman–Crippen LogP) is 10.6. The van der Waals surface area contributed by atoms with Gasteiger partial charge >= 0.3 is 0 Å². The Kier molecular flexibility index (Phi) is 5.34. The Balaban J connectivity index is 1.47. The standard InChI is InChI=1S/C38H28IN/c1-3-23-17-25-11-14-30-32(24-10-13-29-28-8-4-5-9-34(28)38(2,22-39)35(29)19-24)20-33(27-7-6-16-40-21-27)31-15-12-26(18-23)36(25)37(30)31/h4-21H,3,22H2,1-2H3. The van der Waals surface area contributed by atoms with Gasteiger partial charge < -0.3 is 0 Å². The minimum Gasteiger partial charge on any atom is -0.264 e. The molecule has 0 N–H and O–H groups in total. The number of fused-ring (bicyclic) bond motifs is 3. The van der Waals surface area contributed by atoms with E-state index in [-0.39, 0.29) is 5.41 Å². The molecule has 6 aromatic carbocycles. The molecule has 1 heterocycles. The first-order valence-electron chi connectivity index (χ1n) is 14.1. The fraction of sp³-hybridized carbons (Fsp3) is 0.132. The normalized spacial score (nSPS) is 16.2. The van der Waals surface area contributed by atoms with Gasteiger partial charge in [-0.05, 0) is 101 Å². The molecule has 40 heavy (non-hydrogen) atoms. The molecule has 1 unspecified atom stereocenters. The Hall–Kier alpha value is -3.76. The van der Waals surface area contributed by atoms with E-state index in [1.807, 2.05) is 18.5 Å². The van der Waals surface area contributed by atoms with Crippen LogP contribution in [0, 0.1) is 0 Å². The third-order valence-corrected chi connectivity index (χ3v) is 10.7. The predicted molar refractivity (Wildman–Crippen MR) is 179 cm³/mol. The van der Waals surface area contributed by atoms with Crippen molar-refractivity contribution in [3.63, 3.8) is 0 Å². The summed E-state index contributed by atoms with van der Waals surface area (Å²) in [7, 11) is 0. The minimum atomic E-state index is -0.00494. The number of nitrogens with zero attached hydrogens (tertiary/aromatic N) is 1. The Labute approximate surface area is 248 Å². The van der Waals surface area contributed by atoms with E-state index in [1.54, 1.807) is 0 Å². The summed E-state index contributed by atoms with van der Waals surface area (Å²) in [6.45, 7) is 4.64. The van der Waals surface area contributed by atoms with Gasteiger partial charge in [-0.1, -0.05) is 115 Å². The number of hydrogen-bond donors (Lipinski definition) is 0. The molecular weight excluding hydrogens is 597 g/mol. The van der Waals surface area contributed by atoms with Crippen LogP contribution in [0.15, 0.2) is 109 Å². The van der Waals surface area contributed by atoms with E-state index in [4.69, 9.17) is 0 Å². The van der Waals surface area contributed by atoms with Gasteiger partial charge in [0.05, 0.1) is 0 Å². The van der Waals surface area contributed by atoms with E-state index in [0.717, 1.165) is 16.4 Å². The highest BCUT2D eigenvalue weighted by Crippen LogP contribution is 2.52. The molecule has 1 atom stereocenters. The van der Waals surface area contributed by atoms with Crippen molar-refractivity contribution in [3.05, 3.63) is 126 Å². The SMILES string of the molecule is CCc1cc2ccc3c(-c4cccnc4)cc(-c4ccc5c(c4)C(C)(CI)c4ccccc4-5)c4ccc(c1)c2c34. The zero-order valence-electron chi connectivity index (χ0n) is 22.6. The van der Waals surface area contributed by atoms with E-state index >= 15 is 0 Å². The van der Waals surface area contributed by atoms with Gasteiger partial charge in [0, 0.05) is 27.8 Å². The lowest BCUT2D eigenvalue weighted by molar-refractivity contribution is 0.684. The summed E-state index contributed by atoms with van der Waals surface area (Å²) in [6.07, 6.45) is 4.89. The maximum Gasteiger partial charge on any atom is 0.0346 e. The average Bonchev–Trinajstić information content (AvgIpc) is 3.27. The van der Waals surface area contributed by atoms with Crippen LogP contribution < -0.4 is 0 Å². The summed E-state index contributed by atoms with van der Waals surface area (Å²) in [5, 5.41) is 7.97. The molecule has 1 aliphatic rings. The number of alkyl halides is 1. The Morgan fingerprint density at radius 1 is 0.650 bits per heavy atom. The van der Waals surface area contributed by atoms with E-state index < -0.39 is 0 Å². The molecule has 0 spiro atoms. The molecule has 2 heteroatoms. The number of benzene rings is 6. The number of hydrogen-bond acceptors (Lipinski definition) is 1. The molecule has 0 saturated carbocycles. The van der Waals surface area contributed by atoms with Crippen LogP contribution in [0.5, 0.6) is 0 Å². The van der Waals surface area contributed by atoms with Gasteiger partial charge in [-0.25, -0.2) is 0 Å². The third-order valence-electron chi connectivity index (χ3n) is 9.16. The van der Waals surface area contributed by atoms with Crippen LogP contribution in [0.4, 0.5) is 0 Å². The van der Waals surface area contributed by atoms with E-state index in [9.17, 15) is 0 Å². The average molecular weight is 626 g/mol. The maximum absolute atomic E-state index is 4.49. The fourth-order valence-corrected chi connectivity index (χ4v) is 7.90. The Bertz CT molecular complexity index is 2070.